The Morgan fingerprint density at radius 1 is 1.12 bits per heavy atom. The molecule has 0 aliphatic heterocycles. The molecule has 0 bridgehead atoms. The molecule has 0 spiro atoms. The summed E-state index contributed by atoms with van der Waals surface area (Å²) in [7, 11) is 1.79. The smallest absolute Gasteiger partial charge is 0.405 e. The zero-order chi connectivity index (χ0) is 19.2. The van der Waals surface area contributed by atoms with E-state index in [1.807, 2.05) is 29.2 Å². The van der Waals surface area contributed by atoms with Crippen LogP contribution in [-0.2, 0) is 17.9 Å². The number of rotatable bonds is 7. The molecular weight excluding hydrogens is 413 g/mol. The Morgan fingerprint density at radius 2 is 1.73 bits per heavy atom. The van der Waals surface area contributed by atoms with Crippen LogP contribution in [0.5, 0.6) is 5.75 Å². The van der Waals surface area contributed by atoms with Crippen LogP contribution >= 0.6 is 15.9 Å². The van der Waals surface area contributed by atoms with Crippen molar-refractivity contribution < 1.29 is 22.7 Å². The van der Waals surface area contributed by atoms with Gasteiger partial charge in [0.15, 0.2) is 0 Å². The second kappa shape index (κ2) is 9.05. The van der Waals surface area contributed by atoms with Gasteiger partial charge in [-0.3, -0.25) is 9.69 Å². The van der Waals surface area contributed by atoms with Gasteiger partial charge in [-0.1, -0.05) is 52.3 Å². The molecule has 8 heteroatoms. The number of hydrogen-bond donors (Lipinski definition) is 1. The highest BCUT2D eigenvalue weighted by molar-refractivity contribution is 9.10. The summed E-state index contributed by atoms with van der Waals surface area (Å²) < 4.78 is 42.2. The Bertz CT molecular complexity index is 753. The third-order valence-electron chi connectivity index (χ3n) is 3.49. The fourth-order valence-corrected chi connectivity index (χ4v) is 2.75. The predicted octanol–water partition coefficient (Wildman–Crippen LogP) is 4.10. The lowest BCUT2D eigenvalue weighted by Crippen LogP contribution is -2.34. The summed E-state index contributed by atoms with van der Waals surface area (Å²) >= 11 is 3.45. The van der Waals surface area contributed by atoms with E-state index in [-0.39, 0.29) is 30.3 Å². The van der Waals surface area contributed by atoms with Crippen LogP contribution in [-0.4, -0.2) is 30.8 Å². The number of ether oxygens (including phenoxy) is 1. The average Bonchev–Trinajstić information content (AvgIpc) is 2.55. The number of likely N-dealkylation sites (N-methyl/N-ethyl adjacent to an activating group) is 1. The monoisotopic (exact) mass is 430 g/mol. The van der Waals surface area contributed by atoms with Crippen LogP contribution in [0, 0.1) is 0 Å². The van der Waals surface area contributed by atoms with Gasteiger partial charge in [0.25, 0.3) is 0 Å². The van der Waals surface area contributed by atoms with Crippen molar-refractivity contribution in [2.45, 2.75) is 19.5 Å². The first kappa shape index (κ1) is 20.3. The van der Waals surface area contributed by atoms with E-state index >= 15 is 0 Å². The number of carbonyl (C=O) groups is 1. The number of alkyl halides is 3. The molecule has 0 unspecified atom stereocenters. The summed E-state index contributed by atoms with van der Waals surface area (Å²) in [6.45, 7) is 0.625. The highest BCUT2D eigenvalue weighted by Gasteiger charge is 2.31. The SMILES string of the molecule is CN(CC(=O)NCc1ccccc1OC(F)(F)F)Cc1ccccc1Br. The minimum Gasteiger partial charge on any atom is -0.405 e. The van der Waals surface area contributed by atoms with Crippen LogP contribution in [0.3, 0.4) is 0 Å². The van der Waals surface area contributed by atoms with Crippen LogP contribution in [0.4, 0.5) is 13.2 Å². The normalized spacial score (nSPS) is 11.5. The summed E-state index contributed by atoms with van der Waals surface area (Å²) in [6, 6.07) is 13.4. The van der Waals surface area contributed by atoms with Gasteiger partial charge in [-0.15, -0.1) is 13.2 Å². The van der Waals surface area contributed by atoms with Gasteiger partial charge in [0, 0.05) is 23.1 Å². The summed E-state index contributed by atoms with van der Waals surface area (Å²) in [5.41, 5.74) is 1.29. The van der Waals surface area contributed by atoms with Crippen LogP contribution in [0.1, 0.15) is 11.1 Å². The molecule has 4 nitrogen and oxygen atoms in total. The first-order valence-electron chi connectivity index (χ1n) is 7.77. The lowest BCUT2D eigenvalue weighted by Gasteiger charge is -2.18. The van der Waals surface area contributed by atoms with E-state index in [1.54, 1.807) is 13.1 Å². The molecule has 1 amide bonds. The zero-order valence-corrected chi connectivity index (χ0v) is 15.6. The van der Waals surface area contributed by atoms with E-state index in [0.29, 0.717) is 6.54 Å². The van der Waals surface area contributed by atoms with Gasteiger partial charge >= 0.3 is 6.36 Å². The molecule has 0 saturated heterocycles. The van der Waals surface area contributed by atoms with Gasteiger partial charge in [-0.2, -0.15) is 0 Å². The van der Waals surface area contributed by atoms with Crippen molar-refractivity contribution in [2.75, 3.05) is 13.6 Å². The fourth-order valence-electron chi connectivity index (χ4n) is 2.34. The van der Waals surface area contributed by atoms with Crippen molar-refractivity contribution >= 4 is 21.8 Å². The molecule has 140 valence electrons. The molecule has 0 aliphatic rings. The number of carbonyl (C=O) groups excluding carboxylic acids is 1. The van der Waals surface area contributed by atoms with E-state index in [1.165, 1.54) is 18.2 Å². The molecule has 0 fully saturated rings. The second-order valence-corrected chi connectivity index (χ2v) is 6.55. The van der Waals surface area contributed by atoms with Crippen LogP contribution in [0.2, 0.25) is 0 Å². The van der Waals surface area contributed by atoms with E-state index in [0.717, 1.165) is 10.0 Å². The third-order valence-corrected chi connectivity index (χ3v) is 4.26. The fraction of sp³-hybridized carbons (Fsp3) is 0.278. The highest BCUT2D eigenvalue weighted by Crippen LogP contribution is 2.26. The van der Waals surface area contributed by atoms with Crippen molar-refractivity contribution in [1.29, 1.82) is 0 Å². The molecule has 0 saturated carbocycles. The van der Waals surface area contributed by atoms with E-state index in [2.05, 4.69) is 26.0 Å². The van der Waals surface area contributed by atoms with Gasteiger partial charge in [0.05, 0.1) is 6.54 Å². The number of halogens is 4. The summed E-state index contributed by atoms with van der Waals surface area (Å²) in [4.78, 5) is 13.9. The number of hydrogen-bond acceptors (Lipinski definition) is 3. The summed E-state index contributed by atoms with van der Waals surface area (Å²) in [5.74, 6) is -0.608. The lowest BCUT2D eigenvalue weighted by molar-refractivity contribution is -0.274. The molecule has 0 atom stereocenters. The largest absolute Gasteiger partial charge is 0.573 e. The molecule has 0 aromatic heterocycles. The number of nitrogens with one attached hydrogen (secondary N) is 1. The van der Waals surface area contributed by atoms with Crippen LogP contribution in [0.15, 0.2) is 53.0 Å². The van der Waals surface area contributed by atoms with Crippen molar-refractivity contribution in [1.82, 2.24) is 10.2 Å². The topological polar surface area (TPSA) is 41.6 Å². The van der Waals surface area contributed by atoms with E-state index in [4.69, 9.17) is 0 Å². The number of para-hydroxylation sites is 1. The van der Waals surface area contributed by atoms with Crippen LogP contribution < -0.4 is 10.1 Å². The molecular formula is C18H18BrF3N2O2. The first-order valence-corrected chi connectivity index (χ1v) is 8.56. The summed E-state index contributed by atoms with van der Waals surface area (Å²) in [6.07, 6.45) is -4.77. The molecule has 2 rings (SSSR count). The van der Waals surface area contributed by atoms with E-state index < -0.39 is 6.36 Å². The molecule has 2 aromatic carbocycles. The van der Waals surface area contributed by atoms with Gasteiger partial charge in [0.1, 0.15) is 5.75 Å². The van der Waals surface area contributed by atoms with Crippen molar-refractivity contribution in [3.63, 3.8) is 0 Å². The van der Waals surface area contributed by atoms with Crippen molar-refractivity contribution in [3.05, 3.63) is 64.1 Å². The molecule has 0 heterocycles. The summed E-state index contributed by atoms with van der Waals surface area (Å²) in [5, 5.41) is 2.62. The maximum absolute atomic E-state index is 12.4. The zero-order valence-electron chi connectivity index (χ0n) is 14.0. The maximum Gasteiger partial charge on any atom is 0.573 e. The quantitative estimate of drug-likeness (QED) is 0.718. The Balaban J connectivity index is 1.88. The number of amides is 1. The standard InChI is InChI=1S/C18H18BrF3N2O2/c1-24(11-14-7-2-4-8-15(14)19)12-17(25)23-10-13-6-3-5-9-16(13)26-18(20,21)22/h2-9H,10-12H2,1H3,(H,23,25). The molecule has 2 aromatic rings. The molecule has 1 N–H and O–H groups in total. The van der Waals surface area contributed by atoms with Gasteiger partial charge in [0.2, 0.25) is 5.91 Å². The minimum atomic E-state index is -4.77. The molecule has 0 radical (unpaired) electrons. The van der Waals surface area contributed by atoms with E-state index in [9.17, 15) is 18.0 Å². The number of nitrogens with zero attached hydrogens (tertiary/aromatic N) is 1. The van der Waals surface area contributed by atoms with Gasteiger partial charge < -0.3 is 10.1 Å². The Morgan fingerprint density at radius 3 is 2.38 bits per heavy atom. The third kappa shape index (κ3) is 6.68. The van der Waals surface area contributed by atoms with Gasteiger partial charge in [-0.05, 0) is 24.7 Å². The minimum absolute atomic E-state index is 0.0477. The maximum atomic E-state index is 12.4. The van der Waals surface area contributed by atoms with Crippen LogP contribution in [0.25, 0.3) is 0 Å². The predicted molar refractivity (Wildman–Crippen MR) is 95.4 cm³/mol. The van der Waals surface area contributed by atoms with Gasteiger partial charge in [-0.25, -0.2) is 0 Å². The number of benzene rings is 2. The van der Waals surface area contributed by atoms with Crippen molar-refractivity contribution in [2.24, 2.45) is 0 Å². The molecule has 0 aliphatic carbocycles. The second-order valence-electron chi connectivity index (χ2n) is 5.70. The Labute approximate surface area is 158 Å². The Kier molecular flexibility index (Phi) is 7.05. The lowest BCUT2D eigenvalue weighted by atomic mass is 10.2. The Hall–Kier alpha value is -2.06. The average molecular weight is 431 g/mol. The molecule has 26 heavy (non-hydrogen) atoms. The first-order chi connectivity index (χ1) is 12.2. The highest BCUT2D eigenvalue weighted by atomic mass is 79.9. The van der Waals surface area contributed by atoms with Crippen molar-refractivity contribution in [3.8, 4) is 5.75 Å².